The smallest absolute Gasteiger partial charge is 0.137 e. The van der Waals surface area contributed by atoms with Crippen molar-refractivity contribution in [1.29, 1.82) is 0 Å². The number of fused-ring (bicyclic) bond motifs is 3. The van der Waals surface area contributed by atoms with Gasteiger partial charge in [0, 0.05) is 23.8 Å². The zero-order chi connectivity index (χ0) is 18.2. The molecule has 2 aromatic carbocycles. The summed E-state index contributed by atoms with van der Waals surface area (Å²) in [6, 6.07) is 26.8. The van der Waals surface area contributed by atoms with E-state index in [9.17, 15) is 0 Å². The van der Waals surface area contributed by atoms with E-state index in [4.69, 9.17) is 4.98 Å². The predicted octanol–water partition coefficient (Wildman–Crippen LogP) is 5.66. The monoisotopic (exact) mass is 350 g/mol. The Labute approximate surface area is 157 Å². The lowest BCUT2D eigenvalue weighted by molar-refractivity contribution is 1.17. The van der Waals surface area contributed by atoms with E-state index >= 15 is 0 Å². The molecule has 130 valence electrons. The summed E-state index contributed by atoms with van der Waals surface area (Å²) in [5.41, 5.74) is 6.35. The molecule has 0 aliphatic heterocycles. The van der Waals surface area contributed by atoms with E-state index in [0.29, 0.717) is 0 Å². The molecule has 0 fully saturated rings. The lowest BCUT2D eigenvalue weighted by Gasteiger charge is -2.24. The maximum atomic E-state index is 4.73. The Morgan fingerprint density at radius 3 is 2.48 bits per heavy atom. The van der Waals surface area contributed by atoms with E-state index in [2.05, 4.69) is 69.9 Å². The van der Waals surface area contributed by atoms with E-state index in [0.717, 1.165) is 33.9 Å². The van der Waals surface area contributed by atoms with Crippen LogP contribution in [0.1, 0.15) is 5.56 Å². The molecule has 0 spiro atoms. The standard InChI is InChI=1S/C23H18N4/c1-17-10-13-23-25-20-12-11-19(15-21(20)26(23)16-17)27(18-7-3-2-4-8-18)22-9-5-6-14-24-22/h2-16H,1H3. The Balaban J connectivity index is 1.75. The highest BCUT2D eigenvalue weighted by Crippen LogP contribution is 2.34. The number of anilines is 3. The van der Waals surface area contributed by atoms with Crippen molar-refractivity contribution >= 4 is 33.9 Å². The molecule has 0 aliphatic rings. The van der Waals surface area contributed by atoms with Crippen LogP contribution in [0.3, 0.4) is 0 Å². The summed E-state index contributed by atoms with van der Waals surface area (Å²) < 4.78 is 2.15. The van der Waals surface area contributed by atoms with Gasteiger partial charge in [-0.3, -0.25) is 9.30 Å². The first-order valence-corrected chi connectivity index (χ1v) is 8.94. The van der Waals surface area contributed by atoms with E-state index in [1.807, 2.05) is 42.6 Å². The third-order valence-electron chi connectivity index (χ3n) is 4.68. The largest absolute Gasteiger partial charge is 0.299 e. The van der Waals surface area contributed by atoms with Crippen LogP contribution in [0, 0.1) is 6.92 Å². The van der Waals surface area contributed by atoms with E-state index in [1.54, 1.807) is 0 Å². The highest BCUT2D eigenvalue weighted by Gasteiger charge is 2.15. The molecule has 0 N–H and O–H groups in total. The van der Waals surface area contributed by atoms with Gasteiger partial charge in [-0.05, 0) is 61.0 Å². The average Bonchev–Trinajstić information content (AvgIpc) is 3.07. The zero-order valence-corrected chi connectivity index (χ0v) is 14.9. The molecule has 0 amide bonds. The number of pyridine rings is 2. The first-order chi connectivity index (χ1) is 13.3. The van der Waals surface area contributed by atoms with Crippen molar-refractivity contribution < 1.29 is 0 Å². The quantitative estimate of drug-likeness (QED) is 0.421. The number of imidazole rings is 1. The van der Waals surface area contributed by atoms with Crippen LogP contribution in [0.25, 0.3) is 16.7 Å². The summed E-state index contributed by atoms with van der Waals surface area (Å²) in [4.78, 5) is 11.5. The second kappa shape index (κ2) is 6.25. The van der Waals surface area contributed by atoms with Gasteiger partial charge < -0.3 is 0 Å². The van der Waals surface area contributed by atoms with Crippen LogP contribution < -0.4 is 4.90 Å². The van der Waals surface area contributed by atoms with Crippen molar-refractivity contribution in [3.05, 3.63) is 96.8 Å². The number of aromatic nitrogens is 3. The number of aryl methyl sites for hydroxylation is 1. The van der Waals surface area contributed by atoms with Gasteiger partial charge in [-0.1, -0.05) is 30.3 Å². The molecule has 0 radical (unpaired) electrons. The topological polar surface area (TPSA) is 33.4 Å². The Hall–Kier alpha value is -3.66. The normalized spacial score (nSPS) is 11.1. The maximum absolute atomic E-state index is 4.73. The second-order valence-electron chi connectivity index (χ2n) is 6.58. The van der Waals surface area contributed by atoms with Gasteiger partial charge in [0.1, 0.15) is 11.5 Å². The van der Waals surface area contributed by atoms with Gasteiger partial charge in [-0.25, -0.2) is 9.97 Å². The van der Waals surface area contributed by atoms with Gasteiger partial charge in [0.05, 0.1) is 11.0 Å². The van der Waals surface area contributed by atoms with Gasteiger partial charge in [-0.2, -0.15) is 0 Å². The highest BCUT2D eigenvalue weighted by atomic mass is 15.2. The molecule has 0 bridgehead atoms. The summed E-state index contributed by atoms with van der Waals surface area (Å²) in [6.07, 6.45) is 3.95. The van der Waals surface area contributed by atoms with Crippen molar-refractivity contribution in [1.82, 2.24) is 14.4 Å². The molecule has 0 saturated carbocycles. The molecule has 0 saturated heterocycles. The average molecular weight is 350 g/mol. The first kappa shape index (κ1) is 15.6. The molecule has 27 heavy (non-hydrogen) atoms. The van der Waals surface area contributed by atoms with Crippen LogP contribution in [0.2, 0.25) is 0 Å². The number of benzene rings is 2. The third kappa shape index (κ3) is 2.72. The molecule has 4 heteroatoms. The van der Waals surface area contributed by atoms with Crippen LogP contribution in [0.4, 0.5) is 17.2 Å². The van der Waals surface area contributed by atoms with Crippen LogP contribution in [-0.4, -0.2) is 14.4 Å². The molecule has 3 heterocycles. The van der Waals surface area contributed by atoms with Gasteiger partial charge in [0.25, 0.3) is 0 Å². The van der Waals surface area contributed by atoms with E-state index in [1.165, 1.54) is 5.56 Å². The Morgan fingerprint density at radius 2 is 1.67 bits per heavy atom. The fraction of sp³-hybridized carbons (Fsp3) is 0.0435. The van der Waals surface area contributed by atoms with Crippen molar-refractivity contribution in [2.75, 3.05) is 4.90 Å². The van der Waals surface area contributed by atoms with Crippen LogP contribution in [0.5, 0.6) is 0 Å². The number of hydrogen-bond donors (Lipinski definition) is 0. The fourth-order valence-electron chi connectivity index (χ4n) is 3.42. The molecular weight excluding hydrogens is 332 g/mol. The highest BCUT2D eigenvalue weighted by molar-refractivity contribution is 5.87. The SMILES string of the molecule is Cc1ccc2nc3ccc(N(c4ccccc4)c4ccccn4)cc3n2c1. The van der Waals surface area contributed by atoms with Crippen LogP contribution in [0.15, 0.2) is 91.3 Å². The van der Waals surface area contributed by atoms with Gasteiger partial charge in [-0.15, -0.1) is 0 Å². The van der Waals surface area contributed by atoms with E-state index < -0.39 is 0 Å². The summed E-state index contributed by atoms with van der Waals surface area (Å²) in [7, 11) is 0. The molecule has 0 aliphatic carbocycles. The molecular formula is C23H18N4. The minimum atomic E-state index is 0.882. The number of hydrogen-bond acceptors (Lipinski definition) is 3. The lowest BCUT2D eigenvalue weighted by atomic mass is 10.2. The minimum absolute atomic E-state index is 0.882. The Morgan fingerprint density at radius 1 is 0.815 bits per heavy atom. The summed E-state index contributed by atoms with van der Waals surface area (Å²) in [6.45, 7) is 2.10. The van der Waals surface area contributed by atoms with Gasteiger partial charge in [0.15, 0.2) is 0 Å². The van der Waals surface area contributed by atoms with Crippen molar-refractivity contribution in [2.24, 2.45) is 0 Å². The second-order valence-corrected chi connectivity index (χ2v) is 6.58. The Kier molecular flexibility index (Phi) is 3.61. The van der Waals surface area contributed by atoms with E-state index in [-0.39, 0.29) is 0 Å². The van der Waals surface area contributed by atoms with Gasteiger partial charge >= 0.3 is 0 Å². The molecule has 3 aromatic heterocycles. The van der Waals surface area contributed by atoms with Crippen molar-refractivity contribution in [3.8, 4) is 0 Å². The molecule has 0 atom stereocenters. The van der Waals surface area contributed by atoms with Crippen LogP contribution >= 0.6 is 0 Å². The molecule has 0 unspecified atom stereocenters. The van der Waals surface area contributed by atoms with Gasteiger partial charge in [0.2, 0.25) is 0 Å². The predicted molar refractivity (Wildman–Crippen MR) is 110 cm³/mol. The number of rotatable bonds is 3. The molecule has 5 aromatic rings. The first-order valence-electron chi connectivity index (χ1n) is 8.94. The number of para-hydroxylation sites is 1. The Bertz CT molecular complexity index is 1190. The van der Waals surface area contributed by atoms with Crippen molar-refractivity contribution in [2.45, 2.75) is 6.92 Å². The number of nitrogens with zero attached hydrogens (tertiary/aromatic N) is 4. The molecule has 5 rings (SSSR count). The lowest BCUT2D eigenvalue weighted by Crippen LogP contribution is -2.11. The fourth-order valence-corrected chi connectivity index (χ4v) is 3.42. The maximum Gasteiger partial charge on any atom is 0.137 e. The summed E-state index contributed by atoms with van der Waals surface area (Å²) >= 11 is 0. The van der Waals surface area contributed by atoms with Crippen LogP contribution in [-0.2, 0) is 0 Å². The third-order valence-corrected chi connectivity index (χ3v) is 4.68. The minimum Gasteiger partial charge on any atom is -0.299 e. The zero-order valence-electron chi connectivity index (χ0n) is 14.9. The molecule has 4 nitrogen and oxygen atoms in total. The summed E-state index contributed by atoms with van der Waals surface area (Å²) in [5, 5.41) is 0. The van der Waals surface area contributed by atoms with Crippen molar-refractivity contribution in [3.63, 3.8) is 0 Å². The summed E-state index contributed by atoms with van der Waals surface area (Å²) in [5.74, 6) is 0.882.